The van der Waals surface area contributed by atoms with Gasteiger partial charge in [0.2, 0.25) is 0 Å². The van der Waals surface area contributed by atoms with Gasteiger partial charge in [0.15, 0.2) is 24.4 Å². The third kappa shape index (κ3) is 0.759. The van der Waals surface area contributed by atoms with E-state index in [1.807, 2.05) is 0 Å². The summed E-state index contributed by atoms with van der Waals surface area (Å²) in [4.78, 5) is 21.3. The molecule has 2 rings (SSSR count). The molecule has 2 aliphatic heterocycles. The number of hydrogen-bond donors (Lipinski definition) is 2. The number of hydrogen-bond acceptors (Lipinski definition) is 6. The van der Waals surface area contributed by atoms with E-state index in [1.165, 1.54) is 0 Å². The van der Waals surface area contributed by atoms with E-state index in [2.05, 4.69) is 9.47 Å². The van der Waals surface area contributed by atoms with Gasteiger partial charge >= 0.3 is 11.9 Å². The highest BCUT2D eigenvalue weighted by Crippen LogP contribution is 2.28. The summed E-state index contributed by atoms with van der Waals surface area (Å²) in [6, 6.07) is 0. The Morgan fingerprint density at radius 1 is 0.917 bits per heavy atom. The monoisotopic (exact) mass is 174 g/mol. The van der Waals surface area contributed by atoms with Gasteiger partial charge in [-0.25, -0.2) is 9.59 Å². The minimum Gasteiger partial charge on any atom is -0.453 e. The van der Waals surface area contributed by atoms with Gasteiger partial charge in [0.05, 0.1) is 0 Å². The fourth-order valence-electron chi connectivity index (χ4n) is 1.30. The zero-order valence-corrected chi connectivity index (χ0v) is 5.84. The molecular weight excluding hydrogens is 168 g/mol. The van der Waals surface area contributed by atoms with Crippen LogP contribution in [-0.4, -0.2) is 46.6 Å². The van der Waals surface area contributed by atoms with Gasteiger partial charge in [-0.15, -0.1) is 0 Å². The summed E-state index contributed by atoms with van der Waals surface area (Å²) in [5.74, 6) is -1.73. The van der Waals surface area contributed by atoms with Crippen LogP contribution in [0.2, 0.25) is 0 Å². The van der Waals surface area contributed by atoms with Crippen LogP contribution in [-0.2, 0) is 19.1 Å². The number of esters is 2. The first-order valence-corrected chi connectivity index (χ1v) is 3.38. The maximum atomic E-state index is 10.7. The van der Waals surface area contributed by atoms with Crippen molar-refractivity contribution < 1.29 is 29.3 Å². The molecule has 0 amide bonds. The highest BCUT2D eigenvalue weighted by molar-refractivity contribution is 5.85. The van der Waals surface area contributed by atoms with Gasteiger partial charge in [0, 0.05) is 0 Å². The summed E-state index contributed by atoms with van der Waals surface area (Å²) in [7, 11) is 0. The lowest BCUT2D eigenvalue weighted by molar-refractivity contribution is -0.159. The summed E-state index contributed by atoms with van der Waals surface area (Å²) < 4.78 is 8.99. The predicted octanol–water partition coefficient (Wildman–Crippen LogP) is -2.44. The van der Waals surface area contributed by atoms with Gasteiger partial charge in [0.1, 0.15) is 0 Å². The molecule has 0 saturated carbocycles. The molecular formula is C6H6O6. The number of aliphatic hydroxyl groups excluding tert-OH is 2. The molecule has 2 aliphatic rings. The molecule has 66 valence electrons. The molecule has 0 aliphatic carbocycles. The molecule has 0 aromatic rings. The number of carbonyl (C=O) groups excluding carboxylic acids is 2. The van der Waals surface area contributed by atoms with E-state index in [0.29, 0.717) is 0 Å². The molecule has 6 nitrogen and oxygen atoms in total. The van der Waals surface area contributed by atoms with Gasteiger partial charge in [-0.1, -0.05) is 0 Å². The van der Waals surface area contributed by atoms with Crippen molar-refractivity contribution in [2.45, 2.75) is 24.4 Å². The third-order valence-corrected chi connectivity index (χ3v) is 1.93. The van der Waals surface area contributed by atoms with Crippen molar-refractivity contribution in [3.8, 4) is 0 Å². The Balaban J connectivity index is 2.24. The van der Waals surface area contributed by atoms with E-state index in [9.17, 15) is 9.59 Å². The number of rotatable bonds is 0. The average Bonchev–Trinajstić information content (AvgIpc) is 2.43. The second-order valence-corrected chi connectivity index (χ2v) is 2.69. The number of ether oxygens (including phenoxy) is 2. The molecule has 4 atom stereocenters. The Labute approximate surface area is 66.7 Å². The van der Waals surface area contributed by atoms with Crippen molar-refractivity contribution in [2.75, 3.05) is 0 Å². The lowest BCUT2D eigenvalue weighted by Gasteiger charge is -2.05. The third-order valence-electron chi connectivity index (χ3n) is 1.93. The zero-order chi connectivity index (χ0) is 8.88. The summed E-state index contributed by atoms with van der Waals surface area (Å²) in [6.45, 7) is 0. The van der Waals surface area contributed by atoms with E-state index in [-0.39, 0.29) is 0 Å². The molecule has 0 aromatic carbocycles. The Kier molecular flexibility index (Phi) is 1.36. The minimum atomic E-state index is -1.46. The topological polar surface area (TPSA) is 93.1 Å². The van der Waals surface area contributed by atoms with Crippen LogP contribution in [0.1, 0.15) is 0 Å². The maximum absolute atomic E-state index is 10.7. The smallest absolute Gasteiger partial charge is 0.339 e. The molecule has 6 heteroatoms. The largest absolute Gasteiger partial charge is 0.453 e. The predicted molar refractivity (Wildman–Crippen MR) is 31.8 cm³/mol. The van der Waals surface area contributed by atoms with E-state index < -0.39 is 36.4 Å². The number of carbonyl (C=O) groups is 2. The molecule has 0 spiro atoms. The average molecular weight is 174 g/mol. The minimum absolute atomic E-state index is 0.864. The lowest BCUT2D eigenvalue weighted by atomic mass is 10.1. The van der Waals surface area contributed by atoms with Crippen LogP contribution in [0.15, 0.2) is 0 Å². The van der Waals surface area contributed by atoms with Gasteiger partial charge < -0.3 is 19.7 Å². The first kappa shape index (κ1) is 7.51. The van der Waals surface area contributed by atoms with Crippen molar-refractivity contribution >= 4 is 11.9 Å². The van der Waals surface area contributed by atoms with Crippen LogP contribution >= 0.6 is 0 Å². The lowest BCUT2D eigenvalue weighted by Crippen LogP contribution is -2.31. The number of fused-ring (bicyclic) bond motifs is 1. The van der Waals surface area contributed by atoms with Crippen molar-refractivity contribution in [1.29, 1.82) is 0 Å². The molecule has 12 heavy (non-hydrogen) atoms. The molecule has 2 heterocycles. The van der Waals surface area contributed by atoms with Gasteiger partial charge in [-0.3, -0.25) is 0 Å². The molecule has 2 saturated heterocycles. The van der Waals surface area contributed by atoms with Crippen LogP contribution in [0.25, 0.3) is 0 Å². The normalized spacial score (nSPS) is 45.5. The quantitative estimate of drug-likeness (QED) is 0.396. The Morgan fingerprint density at radius 2 is 1.25 bits per heavy atom. The molecule has 0 aromatic heterocycles. The first-order chi connectivity index (χ1) is 5.61. The summed E-state index contributed by atoms with van der Waals surface area (Å²) in [5.41, 5.74) is 0. The van der Waals surface area contributed by atoms with Crippen molar-refractivity contribution in [3.63, 3.8) is 0 Å². The second-order valence-electron chi connectivity index (χ2n) is 2.69. The van der Waals surface area contributed by atoms with E-state index >= 15 is 0 Å². The molecule has 0 radical (unpaired) electrons. The van der Waals surface area contributed by atoms with Gasteiger partial charge in [-0.2, -0.15) is 0 Å². The molecule has 2 fully saturated rings. The van der Waals surface area contributed by atoms with Crippen molar-refractivity contribution in [3.05, 3.63) is 0 Å². The van der Waals surface area contributed by atoms with Crippen LogP contribution < -0.4 is 0 Å². The highest BCUT2D eigenvalue weighted by atomic mass is 16.7. The Morgan fingerprint density at radius 3 is 1.58 bits per heavy atom. The Bertz CT molecular complexity index is 222. The SMILES string of the molecule is O=C1OC2C(OC(=O)[C@@H]2O)[C@@H]1O. The van der Waals surface area contributed by atoms with Gasteiger partial charge in [-0.05, 0) is 0 Å². The number of aliphatic hydroxyl groups is 2. The fraction of sp³-hybridized carbons (Fsp3) is 0.667. The van der Waals surface area contributed by atoms with E-state index in [1.54, 1.807) is 0 Å². The van der Waals surface area contributed by atoms with E-state index in [4.69, 9.17) is 10.2 Å². The van der Waals surface area contributed by atoms with Crippen LogP contribution in [0, 0.1) is 0 Å². The Hall–Kier alpha value is -1.14. The van der Waals surface area contributed by atoms with Crippen molar-refractivity contribution in [2.24, 2.45) is 0 Å². The van der Waals surface area contributed by atoms with E-state index in [0.717, 1.165) is 0 Å². The maximum Gasteiger partial charge on any atom is 0.339 e. The second kappa shape index (κ2) is 2.18. The highest BCUT2D eigenvalue weighted by Gasteiger charge is 2.57. The summed E-state index contributed by atoms with van der Waals surface area (Å²) >= 11 is 0. The summed E-state index contributed by atoms with van der Waals surface area (Å²) in [6.07, 6.45) is -5.01. The first-order valence-electron chi connectivity index (χ1n) is 3.38. The van der Waals surface area contributed by atoms with Crippen LogP contribution in [0.3, 0.4) is 0 Å². The van der Waals surface area contributed by atoms with Crippen LogP contribution in [0.4, 0.5) is 0 Å². The van der Waals surface area contributed by atoms with Crippen molar-refractivity contribution in [1.82, 2.24) is 0 Å². The molecule has 2 N–H and O–H groups in total. The molecule has 2 unspecified atom stereocenters. The van der Waals surface area contributed by atoms with Gasteiger partial charge in [0.25, 0.3) is 0 Å². The van der Waals surface area contributed by atoms with Crippen LogP contribution in [0.5, 0.6) is 0 Å². The summed E-state index contributed by atoms with van der Waals surface area (Å²) in [5, 5.41) is 18.1. The standard InChI is InChI=1S/C6H6O6/c7-1-3-4(12-5(1)9)2(8)6(10)11-3/h1-4,7-8H/t1-,2+,3?,4?. The fourth-order valence-corrected chi connectivity index (χ4v) is 1.30. The molecule has 0 bridgehead atoms. The zero-order valence-electron chi connectivity index (χ0n) is 5.84.